The quantitative estimate of drug-likeness (QED) is 0.637. The van der Waals surface area contributed by atoms with Gasteiger partial charge in [0, 0.05) is 24.4 Å². The molecule has 0 aliphatic carbocycles. The first-order valence-electron chi connectivity index (χ1n) is 8.24. The minimum Gasteiger partial charge on any atom is -0.493 e. The number of benzene rings is 2. The van der Waals surface area contributed by atoms with Gasteiger partial charge in [-0.1, -0.05) is 42.5 Å². The van der Waals surface area contributed by atoms with Gasteiger partial charge in [-0.25, -0.2) is 0 Å². The molecule has 2 aromatic rings. The summed E-state index contributed by atoms with van der Waals surface area (Å²) in [6, 6.07) is 14.3. The number of methoxy groups -OCH3 is 2. The summed E-state index contributed by atoms with van der Waals surface area (Å²) in [6.45, 7) is 1.58. The van der Waals surface area contributed by atoms with Gasteiger partial charge in [0.1, 0.15) is 4.99 Å². The Morgan fingerprint density at radius 3 is 2.60 bits per heavy atom. The molecule has 130 valence electrons. The summed E-state index contributed by atoms with van der Waals surface area (Å²) in [6.07, 6.45) is 2.92. The minimum atomic E-state index is 0.703. The van der Waals surface area contributed by atoms with Crippen molar-refractivity contribution in [1.29, 1.82) is 0 Å². The van der Waals surface area contributed by atoms with E-state index in [1.54, 1.807) is 14.2 Å². The molecule has 0 saturated carbocycles. The Bertz CT molecular complexity index is 788. The lowest BCUT2D eigenvalue weighted by molar-refractivity contribution is 0.354. The summed E-state index contributed by atoms with van der Waals surface area (Å²) in [4.78, 5) is 0.703. The van der Waals surface area contributed by atoms with Crippen molar-refractivity contribution in [1.82, 2.24) is 10.6 Å². The highest BCUT2D eigenvalue weighted by atomic mass is 32.1. The number of ether oxygens (including phenoxy) is 2. The van der Waals surface area contributed by atoms with Gasteiger partial charge in [-0.05, 0) is 35.8 Å². The average Bonchev–Trinajstić information content (AvgIpc) is 2.66. The van der Waals surface area contributed by atoms with Crippen LogP contribution in [0.2, 0.25) is 0 Å². The molecule has 4 nitrogen and oxygen atoms in total. The van der Waals surface area contributed by atoms with Gasteiger partial charge in [0.25, 0.3) is 0 Å². The number of thiocarbonyl (C=S) groups is 1. The molecule has 0 atom stereocenters. The van der Waals surface area contributed by atoms with E-state index in [0.29, 0.717) is 11.5 Å². The molecule has 3 rings (SSSR count). The third kappa shape index (κ3) is 4.12. The van der Waals surface area contributed by atoms with Crippen LogP contribution in [0.4, 0.5) is 0 Å². The first kappa shape index (κ1) is 17.3. The van der Waals surface area contributed by atoms with E-state index >= 15 is 0 Å². The molecular formula is C20H22N2O2S. The third-order valence-corrected chi connectivity index (χ3v) is 4.46. The summed E-state index contributed by atoms with van der Waals surface area (Å²) in [7, 11) is 3.31. The normalized spacial score (nSPS) is 14.4. The van der Waals surface area contributed by atoms with Crippen molar-refractivity contribution in [3.63, 3.8) is 0 Å². The maximum atomic E-state index is 5.49. The summed E-state index contributed by atoms with van der Waals surface area (Å²) in [5.74, 6) is 1.48. The molecule has 0 saturated heterocycles. The second kappa shape index (κ2) is 8.03. The Morgan fingerprint density at radius 1 is 1.16 bits per heavy atom. The molecule has 0 amide bonds. The summed E-state index contributed by atoms with van der Waals surface area (Å²) in [5, 5.41) is 6.72. The van der Waals surface area contributed by atoms with Crippen LogP contribution in [0.1, 0.15) is 16.7 Å². The van der Waals surface area contributed by atoms with Crippen molar-refractivity contribution >= 4 is 22.9 Å². The number of hydrogen-bond donors (Lipinski definition) is 2. The number of hydrogen-bond acceptors (Lipinski definition) is 4. The third-order valence-electron chi connectivity index (χ3n) is 4.19. The highest BCUT2D eigenvalue weighted by Crippen LogP contribution is 2.34. The smallest absolute Gasteiger partial charge is 0.161 e. The first-order valence-corrected chi connectivity index (χ1v) is 8.64. The Morgan fingerprint density at radius 2 is 1.88 bits per heavy atom. The molecule has 2 aromatic carbocycles. The molecule has 0 radical (unpaired) electrons. The van der Waals surface area contributed by atoms with Gasteiger partial charge in [0.15, 0.2) is 11.5 Å². The van der Waals surface area contributed by atoms with Gasteiger partial charge in [-0.15, -0.1) is 0 Å². The first-order chi connectivity index (χ1) is 12.2. The largest absolute Gasteiger partial charge is 0.493 e. The predicted octanol–water partition coefficient (Wildman–Crippen LogP) is 3.31. The number of nitrogens with one attached hydrogen (secondary N) is 2. The summed E-state index contributed by atoms with van der Waals surface area (Å²) >= 11 is 5.49. The maximum Gasteiger partial charge on any atom is 0.161 e. The lowest BCUT2D eigenvalue weighted by Gasteiger charge is -2.23. The standard InChI is InChI=1S/C20H22N2O2S/c1-23-18-10-15-8-9-21-17(16(15)11-19(18)24-2)12-20(25)22-13-14-6-4-3-5-7-14/h3-7,10-12,21H,8-9,13H2,1-2H3,(H,22,25). The fraction of sp³-hybridized carbons (Fsp3) is 0.250. The summed E-state index contributed by atoms with van der Waals surface area (Å²) in [5.41, 5.74) is 4.54. The van der Waals surface area contributed by atoms with Crippen LogP contribution in [0.25, 0.3) is 5.70 Å². The molecule has 0 aromatic heterocycles. The van der Waals surface area contributed by atoms with Crippen molar-refractivity contribution in [2.75, 3.05) is 20.8 Å². The van der Waals surface area contributed by atoms with E-state index in [2.05, 4.69) is 22.8 Å². The van der Waals surface area contributed by atoms with Gasteiger partial charge < -0.3 is 20.1 Å². The summed E-state index contributed by atoms with van der Waals surface area (Å²) < 4.78 is 10.8. The average molecular weight is 354 g/mol. The van der Waals surface area contributed by atoms with Crippen LogP contribution in [0.5, 0.6) is 11.5 Å². The molecule has 1 aliphatic rings. The van der Waals surface area contributed by atoms with Gasteiger partial charge in [0.05, 0.1) is 14.2 Å². The zero-order valence-corrected chi connectivity index (χ0v) is 15.3. The van der Waals surface area contributed by atoms with Crippen LogP contribution in [0.3, 0.4) is 0 Å². The van der Waals surface area contributed by atoms with Crippen LogP contribution >= 0.6 is 12.2 Å². The van der Waals surface area contributed by atoms with Gasteiger partial charge in [-0.3, -0.25) is 0 Å². The number of rotatable bonds is 5. The molecule has 0 spiro atoms. The van der Waals surface area contributed by atoms with E-state index in [1.165, 1.54) is 11.1 Å². The van der Waals surface area contributed by atoms with E-state index < -0.39 is 0 Å². The predicted molar refractivity (Wildman–Crippen MR) is 105 cm³/mol. The lowest BCUT2D eigenvalue weighted by atomic mass is 9.97. The van der Waals surface area contributed by atoms with E-state index in [4.69, 9.17) is 21.7 Å². The monoisotopic (exact) mass is 354 g/mol. The lowest BCUT2D eigenvalue weighted by Crippen LogP contribution is -2.26. The van der Waals surface area contributed by atoms with E-state index in [1.807, 2.05) is 36.4 Å². The van der Waals surface area contributed by atoms with Crippen molar-refractivity contribution < 1.29 is 9.47 Å². The van der Waals surface area contributed by atoms with Crippen LogP contribution < -0.4 is 20.1 Å². The fourth-order valence-electron chi connectivity index (χ4n) is 2.90. The fourth-order valence-corrected chi connectivity index (χ4v) is 3.09. The Kier molecular flexibility index (Phi) is 5.56. The van der Waals surface area contributed by atoms with Crippen molar-refractivity contribution in [2.45, 2.75) is 13.0 Å². The Hall–Kier alpha value is -2.53. The second-order valence-corrected chi connectivity index (χ2v) is 6.24. The van der Waals surface area contributed by atoms with Gasteiger partial charge in [-0.2, -0.15) is 0 Å². The van der Waals surface area contributed by atoms with Gasteiger partial charge >= 0.3 is 0 Å². The molecule has 2 N–H and O–H groups in total. The maximum absolute atomic E-state index is 5.49. The minimum absolute atomic E-state index is 0.703. The van der Waals surface area contributed by atoms with Gasteiger partial charge in [0.2, 0.25) is 0 Å². The molecular weight excluding hydrogens is 332 g/mol. The second-order valence-electron chi connectivity index (χ2n) is 5.80. The topological polar surface area (TPSA) is 42.5 Å². The van der Waals surface area contributed by atoms with E-state index in [9.17, 15) is 0 Å². The molecule has 0 bridgehead atoms. The highest BCUT2D eigenvalue weighted by molar-refractivity contribution is 7.80. The van der Waals surface area contributed by atoms with Crippen LogP contribution in [0, 0.1) is 0 Å². The van der Waals surface area contributed by atoms with Crippen molar-refractivity contribution in [2.24, 2.45) is 0 Å². The zero-order valence-electron chi connectivity index (χ0n) is 14.5. The molecule has 1 aliphatic heterocycles. The number of fused-ring (bicyclic) bond motifs is 1. The van der Waals surface area contributed by atoms with E-state index in [-0.39, 0.29) is 0 Å². The van der Waals surface area contributed by atoms with Crippen LogP contribution in [-0.4, -0.2) is 25.8 Å². The SMILES string of the molecule is COc1cc2c(cc1OC)C(=CC(=S)NCc1ccccc1)NCC2. The van der Waals surface area contributed by atoms with E-state index in [0.717, 1.165) is 35.7 Å². The highest BCUT2D eigenvalue weighted by Gasteiger charge is 2.18. The zero-order chi connectivity index (χ0) is 17.6. The Balaban J connectivity index is 1.79. The van der Waals surface area contributed by atoms with Crippen LogP contribution in [0.15, 0.2) is 48.5 Å². The Labute approximate surface area is 153 Å². The van der Waals surface area contributed by atoms with Crippen LogP contribution in [-0.2, 0) is 13.0 Å². The molecule has 25 heavy (non-hydrogen) atoms. The molecule has 0 fully saturated rings. The molecule has 5 heteroatoms. The van der Waals surface area contributed by atoms with Crippen molar-refractivity contribution in [3.05, 3.63) is 65.2 Å². The molecule has 0 unspecified atom stereocenters. The van der Waals surface area contributed by atoms with Crippen molar-refractivity contribution in [3.8, 4) is 11.5 Å². The molecule has 1 heterocycles.